The van der Waals surface area contributed by atoms with Crippen molar-refractivity contribution in [1.82, 2.24) is 5.48 Å². The summed E-state index contributed by atoms with van der Waals surface area (Å²) in [5, 5.41) is 39.1. The number of carbonyl (C=O) groups is 2. The number of ether oxygens (including phenoxy) is 1. The van der Waals surface area contributed by atoms with Crippen LogP contribution in [0.15, 0.2) is 23.8 Å². The molecule has 2 rings (SSSR count). The molecular formula is C23H37NO7. The van der Waals surface area contributed by atoms with E-state index in [9.17, 15) is 24.9 Å². The summed E-state index contributed by atoms with van der Waals surface area (Å²) in [6, 6.07) is 0. The summed E-state index contributed by atoms with van der Waals surface area (Å²) >= 11 is 0. The molecule has 8 atom stereocenters. The topological polar surface area (TPSA) is 136 Å². The molecule has 8 heteroatoms. The molecule has 0 aromatic rings. The van der Waals surface area contributed by atoms with Gasteiger partial charge in [-0.3, -0.25) is 14.8 Å². The first-order chi connectivity index (χ1) is 14.7. The normalized spacial score (nSPS) is 30.5. The van der Waals surface area contributed by atoms with Gasteiger partial charge in [0.15, 0.2) is 0 Å². The summed E-state index contributed by atoms with van der Waals surface area (Å²) < 4.78 is 5.85. The quantitative estimate of drug-likeness (QED) is 0.199. The highest BCUT2D eigenvalue weighted by atomic mass is 16.5. The molecule has 5 N–H and O–H groups in total. The Morgan fingerprint density at radius 1 is 1.29 bits per heavy atom. The SMILES string of the molecule is CCC(C)C(=O)OC1CC(O)C=C2C=CC(C)C(CCC(O)CC(O)CC(=O)NO)C21. The largest absolute Gasteiger partial charge is 0.461 e. The number of nitrogens with one attached hydrogen (secondary N) is 1. The summed E-state index contributed by atoms with van der Waals surface area (Å²) in [7, 11) is 0. The van der Waals surface area contributed by atoms with Gasteiger partial charge in [-0.05, 0) is 43.1 Å². The van der Waals surface area contributed by atoms with E-state index in [0.717, 1.165) is 5.57 Å². The van der Waals surface area contributed by atoms with E-state index in [0.29, 0.717) is 25.7 Å². The van der Waals surface area contributed by atoms with Gasteiger partial charge >= 0.3 is 5.97 Å². The van der Waals surface area contributed by atoms with Crippen molar-refractivity contribution in [3.05, 3.63) is 23.8 Å². The third-order valence-corrected chi connectivity index (χ3v) is 6.58. The fourth-order valence-electron chi connectivity index (χ4n) is 4.58. The molecule has 0 radical (unpaired) electrons. The number of hydrogen-bond acceptors (Lipinski definition) is 7. The summed E-state index contributed by atoms with van der Waals surface area (Å²) in [4.78, 5) is 23.6. The third-order valence-electron chi connectivity index (χ3n) is 6.58. The van der Waals surface area contributed by atoms with Crippen molar-refractivity contribution < 1.29 is 34.9 Å². The zero-order valence-electron chi connectivity index (χ0n) is 18.6. The van der Waals surface area contributed by atoms with E-state index >= 15 is 0 Å². The first-order valence-corrected chi connectivity index (χ1v) is 11.2. The number of hydrogen-bond donors (Lipinski definition) is 5. The smallest absolute Gasteiger partial charge is 0.308 e. The second-order valence-electron chi connectivity index (χ2n) is 9.02. The first kappa shape index (κ1) is 25.5. The van der Waals surface area contributed by atoms with Crippen LogP contribution >= 0.6 is 0 Å². The van der Waals surface area contributed by atoms with Crippen LogP contribution in [0.25, 0.3) is 0 Å². The van der Waals surface area contributed by atoms with Crippen LogP contribution in [0.3, 0.4) is 0 Å². The zero-order valence-corrected chi connectivity index (χ0v) is 18.6. The Morgan fingerprint density at radius 2 is 2.00 bits per heavy atom. The van der Waals surface area contributed by atoms with Crippen LogP contribution in [0.1, 0.15) is 59.3 Å². The Morgan fingerprint density at radius 3 is 2.65 bits per heavy atom. The van der Waals surface area contributed by atoms with Gasteiger partial charge < -0.3 is 20.1 Å². The number of hydroxylamine groups is 1. The Balaban J connectivity index is 2.06. The molecule has 2 aliphatic carbocycles. The van der Waals surface area contributed by atoms with Gasteiger partial charge in [0, 0.05) is 12.3 Å². The zero-order chi connectivity index (χ0) is 23.1. The molecule has 0 fully saturated rings. The van der Waals surface area contributed by atoms with E-state index in [2.05, 4.69) is 13.0 Å². The van der Waals surface area contributed by atoms with Crippen molar-refractivity contribution in [2.75, 3.05) is 0 Å². The van der Waals surface area contributed by atoms with Crippen LogP contribution in [-0.2, 0) is 14.3 Å². The summed E-state index contributed by atoms with van der Waals surface area (Å²) in [5.41, 5.74) is 2.43. The standard InChI is InChI=1S/C23H37NO7/c1-4-13(2)23(29)31-20-11-17(26)9-15-6-5-14(3)19(22(15)20)8-7-16(25)10-18(27)12-21(28)24-30/h5-6,9,13-14,16-20,22,25-27,30H,4,7-8,10-12H2,1-3H3,(H,24,28). The van der Waals surface area contributed by atoms with E-state index in [4.69, 9.17) is 9.94 Å². The molecule has 1 amide bonds. The predicted octanol–water partition coefficient (Wildman–Crippen LogP) is 1.86. The highest BCUT2D eigenvalue weighted by Gasteiger charge is 2.42. The lowest BCUT2D eigenvalue weighted by Crippen LogP contribution is -2.43. The summed E-state index contributed by atoms with van der Waals surface area (Å²) in [5.74, 6) is -0.931. The van der Waals surface area contributed by atoms with Gasteiger partial charge in [0.1, 0.15) is 6.10 Å². The molecule has 0 heterocycles. The molecule has 8 unspecified atom stereocenters. The number of fused-ring (bicyclic) bond motifs is 1. The molecule has 0 saturated carbocycles. The minimum atomic E-state index is -1.05. The Labute approximate surface area is 183 Å². The van der Waals surface area contributed by atoms with E-state index in [1.165, 1.54) is 5.48 Å². The third kappa shape index (κ3) is 7.14. The molecular weight excluding hydrogens is 402 g/mol. The van der Waals surface area contributed by atoms with Gasteiger partial charge in [-0.2, -0.15) is 0 Å². The summed E-state index contributed by atoms with van der Waals surface area (Å²) in [6.07, 6.45) is 4.79. The Hall–Kier alpha value is -1.74. The van der Waals surface area contributed by atoms with Crippen molar-refractivity contribution in [2.45, 2.75) is 83.7 Å². The molecule has 31 heavy (non-hydrogen) atoms. The van der Waals surface area contributed by atoms with Crippen LogP contribution in [0.5, 0.6) is 0 Å². The van der Waals surface area contributed by atoms with Crippen LogP contribution in [0.2, 0.25) is 0 Å². The van der Waals surface area contributed by atoms with Gasteiger partial charge in [-0.15, -0.1) is 0 Å². The number of allylic oxidation sites excluding steroid dienone is 2. The summed E-state index contributed by atoms with van der Waals surface area (Å²) in [6.45, 7) is 5.85. The average Bonchev–Trinajstić information content (AvgIpc) is 2.72. The first-order valence-electron chi connectivity index (χ1n) is 11.2. The van der Waals surface area contributed by atoms with Crippen LogP contribution in [-0.4, -0.2) is 56.8 Å². The monoisotopic (exact) mass is 439 g/mol. The van der Waals surface area contributed by atoms with E-state index < -0.39 is 30.3 Å². The Kier molecular flexibility index (Phi) is 9.68. The lowest BCUT2D eigenvalue weighted by atomic mass is 9.66. The maximum absolute atomic E-state index is 12.5. The van der Waals surface area contributed by atoms with Crippen molar-refractivity contribution >= 4 is 11.9 Å². The second kappa shape index (κ2) is 11.8. The molecule has 176 valence electrons. The number of aliphatic hydroxyl groups is 3. The Bertz CT molecular complexity index is 677. The van der Waals surface area contributed by atoms with E-state index in [1.54, 1.807) is 0 Å². The van der Waals surface area contributed by atoms with E-state index in [-0.39, 0.29) is 42.5 Å². The maximum Gasteiger partial charge on any atom is 0.308 e. The molecule has 0 saturated heterocycles. The van der Waals surface area contributed by atoms with Crippen LogP contribution < -0.4 is 5.48 Å². The highest BCUT2D eigenvalue weighted by Crippen LogP contribution is 2.44. The maximum atomic E-state index is 12.5. The average molecular weight is 440 g/mol. The van der Waals surface area contributed by atoms with Crippen molar-refractivity contribution in [2.24, 2.45) is 23.7 Å². The number of esters is 1. The number of rotatable bonds is 10. The van der Waals surface area contributed by atoms with Gasteiger partial charge in [0.25, 0.3) is 0 Å². The van der Waals surface area contributed by atoms with E-state index in [1.807, 2.05) is 26.0 Å². The van der Waals surface area contributed by atoms with Gasteiger partial charge in [-0.25, -0.2) is 5.48 Å². The second-order valence-corrected chi connectivity index (χ2v) is 9.02. The lowest BCUT2D eigenvalue weighted by Gasteiger charge is -2.43. The predicted molar refractivity (Wildman–Crippen MR) is 114 cm³/mol. The van der Waals surface area contributed by atoms with Crippen molar-refractivity contribution in [3.8, 4) is 0 Å². The molecule has 0 spiro atoms. The molecule has 0 bridgehead atoms. The van der Waals surface area contributed by atoms with Crippen LogP contribution in [0.4, 0.5) is 0 Å². The molecule has 8 nitrogen and oxygen atoms in total. The molecule has 2 aliphatic rings. The van der Waals surface area contributed by atoms with Crippen molar-refractivity contribution in [3.63, 3.8) is 0 Å². The number of amides is 1. The van der Waals surface area contributed by atoms with Crippen LogP contribution in [0, 0.1) is 23.7 Å². The minimum absolute atomic E-state index is 0.0306. The highest BCUT2D eigenvalue weighted by molar-refractivity contribution is 5.75. The molecule has 0 aliphatic heterocycles. The van der Waals surface area contributed by atoms with Gasteiger partial charge in [0.05, 0.1) is 30.7 Å². The molecule has 0 aromatic heterocycles. The fraction of sp³-hybridized carbons (Fsp3) is 0.739. The number of aliphatic hydroxyl groups excluding tert-OH is 3. The molecule has 0 aromatic carbocycles. The lowest BCUT2D eigenvalue weighted by molar-refractivity contribution is -0.159. The van der Waals surface area contributed by atoms with Gasteiger partial charge in [0.2, 0.25) is 5.91 Å². The number of carbonyl (C=O) groups excluding carboxylic acids is 2. The van der Waals surface area contributed by atoms with Gasteiger partial charge in [-0.1, -0.05) is 39.0 Å². The minimum Gasteiger partial charge on any atom is -0.461 e. The fourth-order valence-corrected chi connectivity index (χ4v) is 4.58. The van der Waals surface area contributed by atoms with Crippen molar-refractivity contribution in [1.29, 1.82) is 0 Å².